The van der Waals surface area contributed by atoms with Crippen molar-refractivity contribution in [2.75, 3.05) is 10.1 Å². The van der Waals surface area contributed by atoms with Gasteiger partial charge in [-0.3, -0.25) is 10.6 Å². The summed E-state index contributed by atoms with van der Waals surface area (Å²) in [6.45, 7) is 0. The van der Waals surface area contributed by atoms with Crippen molar-refractivity contribution in [3.8, 4) is 6.07 Å². The van der Waals surface area contributed by atoms with Crippen molar-refractivity contribution < 1.29 is 8.42 Å². The molecule has 0 aliphatic carbocycles. The number of hydrogen-bond donors (Lipinski definition) is 3. The summed E-state index contributed by atoms with van der Waals surface area (Å²) in [5.41, 5.74) is 3.01. The Morgan fingerprint density at radius 1 is 1.14 bits per heavy atom. The Morgan fingerprint density at radius 2 is 1.86 bits per heavy atom. The number of nitrogens with one attached hydrogen (secondary N) is 2. The van der Waals surface area contributed by atoms with Crippen LogP contribution in [-0.2, 0) is 10.0 Å². The molecule has 0 aliphatic heterocycles. The minimum absolute atomic E-state index is 0.00337. The van der Waals surface area contributed by atoms with Gasteiger partial charge in [-0.2, -0.15) is 5.26 Å². The van der Waals surface area contributed by atoms with Gasteiger partial charge in [-0.25, -0.2) is 8.42 Å². The number of benzene rings is 2. The number of hydrogen-bond acceptors (Lipinski definition) is 5. The molecule has 0 saturated heterocycles. The zero-order valence-corrected chi connectivity index (χ0v) is 13.1. The molecule has 6 nitrogen and oxygen atoms in total. The van der Waals surface area contributed by atoms with E-state index in [1.165, 1.54) is 18.2 Å². The lowest BCUT2D eigenvalue weighted by atomic mass is 10.2. The van der Waals surface area contributed by atoms with Crippen LogP contribution in [0, 0.1) is 11.3 Å². The van der Waals surface area contributed by atoms with Gasteiger partial charge in [0.05, 0.1) is 16.9 Å². The highest BCUT2D eigenvalue weighted by Crippen LogP contribution is 2.26. The molecular formula is C13H11BrN4O2S. The molecule has 0 unspecified atom stereocenters. The van der Waals surface area contributed by atoms with Gasteiger partial charge in [-0.05, 0) is 30.3 Å². The molecular weight excluding hydrogens is 356 g/mol. The Kier molecular flexibility index (Phi) is 4.47. The quantitative estimate of drug-likeness (QED) is 0.568. The molecule has 8 heteroatoms. The Labute approximate surface area is 130 Å². The van der Waals surface area contributed by atoms with Crippen molar-refractivity contribution in [1.82, 2.24) is 0 Å². The number of para-hydroxylation sites is 1. The van der Waals surface area contributed by atoms with E-state index in [-0.39, 0.29) is 21.8 Å². The van der Waals surface area contributed by atoms with E-state index in [4.69, 9.17) is 11.1 Å². The normalized spacial score (nSPS) is 10.7. The SMILES string of the molecule is N#Cc1ccc(Br)cc1NS(=O)(=O)c1ccccc1NN. The summed E-state index contributed by atoms with van der Waals surface area (Å²) < 4.78 is 27.9. The van der Waals surface area contributed by atoms with Gasteiger partial charge in [-0.1, -0.05) is 28.1 Å². The van der Waals surface area contributed by atoms with Crippen LogP contribution >= 0.6 is 15.9 Å². The van der Waals surface area contributed by atoms with Gasteiger partial charge in [0.25, 0.3) is 10.0 Å². The van der Waals surface area contributed by atoms with Crippen LogP contribution < -0.4 is 16.0 Å². The minimum atomic E-state index is -3.87. The third-order valence-electron chi connectivity index (χ3n) is 2.68. The third kappa shape index (κ3) is 3.33. The summed E-state index contributed by atoms with van der Waals surface area (Å²) >= 11 is 3.24. The predicted molar refractivity (Wildman–Crippen MR) is 83.9 cm³/mol. The van der Waals surface area contributed by atoms with Crippen molar-refractivity contribution >= 4 is 37.3 Å². The molecule has 4 N–H and O–H groups in total. The zero-order chi connectivity index (χ0) is 15.5. The summed E-state index contributed by atoms with van der Waals surface area (Å²) in [7, 11) is -3.87. The first-order valence-corrected chi connectivity index (χ1v) is 8.03. The summed E-state index contributed by atoms with van der Waals surface area (Å²) in [6, 6.07) is 12.8. The van der Waals surface area contributed by atoms with Gasteiger partial charge in [0.15, 0.2) is 0 Å². The maximum atomic E-state index is 12.4. The third-order valence-corrected chi connectivity index (χ3v) is 4.60. The largest absolute Gasteiger partial charge is 0.323 e. The van der Waals surface area contributed by atoms with Crippen molar-refractivity contribution in [2.24, 2.45) is 5.84 Å². The van der Waals surface area contributed by atoms with Gasteiger partial charge < -0.3 is 5.43 Å². The number of nitriles is 1. The molecule has 0 atom stereocenters. The van der Waals surface area contributed by atoms with Crippen LogP contribution in [0.1, 0.15) is 5.56 Å². The molecule has 2 rings (SSSR count). The van der Waals surface area contributed by atoms with Crippen LogP contribution in [0.2, 0.25) is 0 Å². The maximum absolute atomic E-state index is 12.4. The monoisotopic (exact) mass is 366 g/mol. The van der Waals surface area contributed by atoms with Gasteiger partial charge in [0.1, 0.15) is 11.0 Å². The number of rotatable bonds is 4. The second-order valence-corrected chi connectivity index (χ2v) is 6.61. The average molecular weight is 367 g/mol. The van der Waals surface area contributed by atoms with E-state index in [9.17, 15) is 8.42 Å². The first-order valence-electron chi connectivity index (χ1n) is 5.76. The molecule has 0 saturated carbocycles. The van der Waals surface area contributed by atoms with Crippen molar-refractivity contribution in [1.29, 1.82) is 5.26 Å². The molecule has 0 fully saturated rings. The molecule has 0 radical (unpaired) electrons. The smallest absolute Gasteiger partial charge is 0.264 e. The standard InChI is InChI=1S/C13H11BrN4O2S/c14-10-6-5-9(8-15)12(7-10)18-21(19,20)13-4-2-1-3-11(13)17-16/h1-7,17-18H,16H2. The van der Waals surface area contributed by atoms with E-state index in [0.29, 0.717) is 4.47 Å². The lowest BCUT2D eigenvalue weighted by Crippen LogP contribution is -2.18. The molecule has 0 heterocycles. The van der Waals surface area contributed by atoms with E-state index < -0.39 is 10.0 Å². The van der Waals surface area contributed by atoms with Gasteiger partial charge in [0, 0.05) is 4.47 Å². The topological polar surface area (TPSA) is 108 Å². The number of sulfonamides is 1. The summed E-state index contributed by atoms with van der Waals surface area (Å²) in [6.07, 6.45) is 0. The fraction of sp³-hybridized carbons (Fsp3) is 0. The average Bonchev–Trinajstić information content (AvgIpc) is 2.47. The van der Waals surface area contributed by atoms with Crippen LogP contribution in [0.15, 0.2) is 51.8 Å². The minimum Gasteiger partial charge on any atom is -0.323 e. The second-order valence-electron chi connectivity index (χ2n) is 4.05. The Bertz CT molecular complexity index is 815. The zero-order valence-electron chi connectivity index (χ0n) is 10.7. The fourth-order valence-electron chi connectivity index (χ4n) is 1.72. The molecule has 0 aliphatic rings. The molecule has 108 valence electrons. The highest BCUT2D eigenvalue weighted by Gasteiger charge is 2.19. The number of nitrogen functional groups attached to an aromatic ring is 1. The number of anilines is 2. The molecule has 2 aromatic rings. The predicted octanol–water partition coefficient (Wildman–Crippen LogP) is 2.41. The van der Waals surface area contributed by atoms with Gasteiger partial charge in [-0.15, -0.1) is 0 Å². The van der Waals surface area contributed by atoms with E-state index in [2.05, 4.69) is 26.1 Å². The van der Waals surface area contributed by atoms with E-state index in [1.54, 1.807) is 24.3 Å². The number of hydrazine groups is 1. The Morgan fingerprint density at radius 3 is 2.52 bits per heavy atom. The van der Waals surface area contributed by atoms with Crippen molar-refractivity contribution in [2.45, 2.75) is 4.90 Å². The number of nitrogens with two attached hydrogens (primary N) is 1. The molecule has 0 spiro atoms. The van der Waals surface area contributed by atoms with Gasteiger partial charge in [0.2, 0.25) is 0 Å². The van der Waals surface area contributed by atoms with Crippen LogP contribution in [-0.4, -0.2) is 8.42 Å². The molecule has 2 aromatic carbocycles. The van der Waals surface area contributed by atoms with Crippen LogP contribution in [0.4, 0.5) is 11.4 Å². The van der Waals surface area contributed by atoms with Crippen molar-refractivity contribution in [3.05, 3.63) is 52.5 Å². The first kappa shape index (κ1) is 15.3. The lowest BCUT2D eigenvalue weighted by Gasteiger charge is -2.12. The highest BCUT2D eigenvalue weighted by atomic mass is 79.9. The molecule has 0 bridgehead atoms. The molecule has 0 amide bonds. The van der Waals surface area contributed by atoms with Crippen LogP contribution in [0.5, 0.6) is 0 Å². The highest BCUT2D eigenvalue weighted by molar-refractivity contribution is 9.10. The molecule has 21 heavy (non-hydrogen) atoms. The maximum Gasteiger partial charge on any atom is 0.264 e. The van der Waals surface area contributed by atoms with E-state index in [1.807, 2.05) is 6.07 Å². The number of nitrogens with zero attached hydrogens (tertiary/aromatic N) is 1. The Hall–Kier alpha value is -2.08. The fourth-order valence-corrected chi connectivity index (χ4v) is 3.32. The lowest BCUT2D eigenvalue weighted by molar-refractivity contribution is 0.601. The number of halogens is 1. The second kappa shape index (κ2) is 6.13. The van der Waals surface area contributed by atoms with Crippen molar-refractivity contribution in [3.63, 3.8) is 0 Å². The van der Waals surface area contributed by atoms with E-state index >= 15 is 0 Å². The van der Waals surface area contributed by atoms with E-state index in [0.717, 1.165) is 0 Å². The summed E-state index contributed by atoms with van der Waals surface area (Å²) in [5, 5.41) is 9.05. The first-order chi connectivity index (χ1) is 9.97. The van der Waals surface area contributed by atoms with Gasteiger partial charge >= 0.3 is 0 Å². The summed E-state index contributed by atoms with van der Waals surface area (Å²) in [4.78, 5) is -0.00337. The summed E-state index contributed by atoms with van der Waals surface area (Å²) in [5.74, 6) is 5.32. The Balaban J connectivity index is 2.48. The molecule has 0 aromatic heterocycles. The van der Waals surface area contributed by atoms with Crippen LogP contribution in [0.3, 0.4) is 0 Å². The van der Waals surface area contributed by atoms with Crippen LogP contribution in [0.25, 0.3) is 0 Å².